The van der Waals surface area contributed by atoms with Crippen LogP contribution in [0.25, 0.3) is 171 Å². The molecule has 1 aliphatic rings. The van der Waals surface area contributed by atoms with Crippen LogP contribution in [0.15, 0.2) is 464 Å². The molecule has 24 rings (SSSR count). The number of aromatic nitrogens is 4. The summed E-state index contributed by atoms with van der Waals surface area (Å²) in [7, 11) is 0.405. The van der Waals surface area contributed by atoms with Gasteiger partial charge in [-0.05, 0) is 223 Å². The molecular formula is C115H79BBr2IN6O6. The van der Waals surface area contributed by atoms with Crippen molar-refractivity contribution in [2.45, 2.75) is 6.42 Å². The van der Waals surface area contributed by atoms with Gasteiger partial charge in [0.2, 0.25) is 0 Å². The summed E-state index contributed by atoms with van der Waals surface area (Å²) >= 11 is 9.67. The van der Waals surface area contributed by atoms with E-state index in [0.717, 1.165) is 49.5 Å². The maximum absolute atomic E-state index is 11.8. The van der Waals surface area contributed by atoms with Crippen molar-refractivity contribution in [2.75, 3.05) is 0 Å². The molecule has 0 unspecified atom stereocenters. The predicted octanol–water partition coefficient (Wildman–Crippen LogP) is 31.8. The van der Waals surface area contributed by atoms with Gasteiger partial charge in [0.25, 0.3) is 5.69 Å². The summed E-state index contributed by atoms with van der Waals surface area (Å²) in [5.74, 6) is 0.0185. The van der Waals surface area contributed by atoms with Crippen LogP contribution in [0.5, 0.6) is 5.75 Å². The van der Waals surface area contributed by atoms with Gasteiger partial charge < -0.3 is 28.4 Å². The Bertz CT molecular complexity index is 8100. The molecule has 0 aliphatic heterocycles. The fourth-order valence-electron chi connectivity index (χ4n) is 17.8. The molecule has 0 fully saturated rings. The molecule has 0 atom stereocenters. The molecule has 23 aromatic rings. The molecule has 19 aromatic carbocycles. The third-order valence-electron chi connectivity index (χ3n) is 23.7. The van der Waals surface area contributed by atoms with E-state index < -0.39 is 4.92 Å². The standard InChI is InChI=1S/C30H20N2O2.C30H20N2.C24H16BrN.C13H9Br.C12H9I.C6H5BNO4/c33-32(34)28-15-7-4-11-24(28)25-13-8-16-29-30(25)26-12-5-6-14-27(26)31(29)23-19-17-22(18-20-23)21-9-2-1-3-10-21;1-2-8-20(9-3-1)21-14-16-22(17-15-21)32-27-13-7-5-11-24(27)30-28(32)19-18-26-29(30)23-10-4-6-12-25(23)31-26;25-21-10-6-12-23-24(21)20-9-4-5-11-22(20)26(23)19-15-13-18(14-16-19)17-7-2-1-3-8-17;14-12-7-3-5-10-8-9-4-1-2-6-11(9)13(10)12;13-12-8-6-11(7-9-12)10-4-2-1-3-5-10;9-7-12-6-4-2-1-3-5(6)8(10)11/h1-20H;1-19,31H;1-16H;1-7H,8H2;1-9H;1-4,9H. The highest BCUT2D eigenvalue weighted by molar-refractivity contribution is 14.1. The number of aromatic amines is 1. The average molecular weight is 1940 g/mol. The van der Waals surface area contributed by atoms with Crippen LogP contribution < -0.4 is 4.65 Å². The number of hydrogen-bond acceptors (Lipinski definition) is 6. The Hall–Kier alpha value is -15.3. The summed E-state index contributed by atoms with van der Waals surface area (Å²) in [6.45, 7) is 0. The molecule has 0 spiro atoms. The number of halogens is 3. The number of benzene rings is 19. The Morgan fingerprint density at radius 1 is 0.298 bits per heavy atom. The smallest absolute Gasteiger partial charge is 0.533 e. The van der Waals surface area contributed by atoms with Crippen LogP contribution in [-0.4, -0.2) is 41.2 Å². The monoisotopic (exact) mass is 1940 g/mol. The van der Waals surface area contributed by atoms with Crippen molar-refractivity contribution in [3.63, 3.8) is 0 Å². The van der Waals surface area contributed by atoms with Gasteiger partial charge in [0.1, 0.15) is 0 Å². The first-order chi connectivity index (χ1) is 64.4. The number of nitrogens with one attached hydrogen (secondary N) is 1. The lowest BCUT2D eigenvalue weighted by Gasteiger charge is -2.10. The molecule has 0 saturated heterocycles. The molecule has 0 bridgehead atoms. The average Bonchev–Trinajstić information content (AvgIpc) is 1.60. The third kappa shape index (κ3) is 17.6. The summed E-state index contributed by atoms with van der Waals surface area (Å²) in [6.07, 6.45) is 1.07. The normalized spacial score (nSPS) is 11.1. The van der Waals surface area contributed by atoms with Crippen LogP contribution in [0.4, 0.5) is 11.4 Å². The first-order valence-electron chi connectivity index (χ1n) is 42.8. The number of fused-ring (bicyclic) bond motifs is 16. The van der Waals surface area contributed by atoms with E-state index in [1.54, 1.807) is 18.2 Å². The van der Waals surface area contributed by atoms with Crippen LogP contribution in [0.3, 0.4) is 0 Å². The molecular weight excluding hydrogens is 1860 g/mol. The van der Waals surface area contributed by atoms with Gasteiger partial charge in [0.05, 0.1) is 48.5 Å². The second kappa shape index (κ2) is 38.7. The van der Waals surface area contributed by atoms with Crippen LogP contribution in [0.2, 0.25) is 0 Å². The van der Waals surface area contributed by atoms with Crippen molar-refractivity contribution >= 4 is 161 Å². The van der Waals surface area contributed by atoms with Crippen LogP contribution in [0.1, 0.15) is 11.1 Å². The minimum Gasteiger partial charge on any atom is -0.533 e. The Kier molecular flexibility index (Phi) is 25.2. The van der Waals surface area contributed by atoms with E-state index in [-0.39, 0.29) is 22.0 Å². The number of nitro benzene ring substituents is 2. The van der Waals surface area contributed by atoms with Crippen LogP contribution >= 0.6 is 54.5 Å². The largest absolute Gasteiger partial charge is 0.569 e. The lowest BCUT2D eigenvalue weighted by molar-refractivity contribution is -0.385. The molecule has 2 N–H and O–H groups in total. The highest BCUT2D eigenvalue weighted by atomic mass is 127. The van der Waals surface area contributed by atoms with Crippen molar-refractivity contribution in [1.29, 1.82) is 0 Å². The SMILES string of the molecule is Brc1cccc2c1-c1ccccc1C2.Brc1cccc2c1c1ccccc1n2-c1ccc(-c2ccccc2)cc1.Ic1ccc(-c2ccccc2)cc1.O=[N+]([O-])c1ccccc1-c1cccc2c1c1ccccc1n2-c1ccc(-c2ccccc2)cc1.O=[N+]([O-])c1ccccc1O[B]O.c1ccc(-c2ccc(-n3c4ccccc4c4c5c(ccc43)[nH]c3ccccc35)cc2)cc1. The van der Waals surface area contributed by atoms with Gasteiger partial charge in [0.15, 0.2) is 5.75 Å². The summed E-state index contributed by atoms with van der Waals surface area (Å²) in [5.41, 5.74) is 29.6. The Morgan fingerprint density at radius 2 is 0.656 bits per heavy atom. The minimum absolute atomic E-state index is 0.0185. The number of nitro groups is 2. The fourth-order valence-corrected chi connectivity index (χ4v) is 19.3. The van der Waals surface area contributed by atoms with E-state index in [4.69, 9.17) is 5.02 Å². The Morgan fingerprint density at radius 3 is 1.17 bits per heavy atom. The molecule has 1 aliphatic carbocycles. The predicted molar refractivity (Wildman–Crippen MR) is 556 cm³/mol. The van der Waals surface area contributed by atoms with Crippen molar-refractivity contribution in [2.24, 2.45) is 0 Å². The Labute approximate surface area is 787 Å². The van der Waals surface area contributed by atoms with E-state index >= 15 is 0 Å². The van der Waals surface area contributed by atoms with Gasteiger partial charge in [-0.15, -0.1) is 0 Å². The van der Waals surface area contributed by atoms with Crippen LogP contribution in [0, 0.1) is 23.8 Å². The lowest BCUT2D eigenvalue weighted by atomic mass is 9.98. The summed E-state index contributed by atoms with van der Waals surface area (Å²) in [5, 5.41) is 40.1. The second-order valence-corrected chi connectivity index (χ2v) is 34.3. The van der Waals surface area contributed by atoms with Gasteiger partial charge in [-0.3, -0.25) is 20.2 Å². The van der Waals surface area contributed by atoms with Gasteiger partial charge in [-0.1, -0.05) is 353 Å². The van der Waals surface area contributed by atoms with Gasteiger partial charge >= 0.3 is 13.4 Å². The van der Waals surface area contributed by atoms with E-state index in [9.17, 15) is 20.2 Å². The van der Waals surface area contributed by atoms with Crippen molar-refractivity contribution in [3.05, 3.63) is 499 Å². The molecule has 16 heteroatoms. The fraction of sp³-hybridized carbons (Fsp3) is 0.00870. The van der Waals surface area contributed by atoms with E-state index in [1.165, 1.54) is 164 Å². The number of hydrogen-bond donors (Lipinski definition) is 2. The quantitative estimate of drug-likeness (QED) is 0.0539. The molecule has 1 radical (unpaired) electrons. The van der Waals surface area contributed by atoms with Crippen molar-refractivity contribution < 1.29 is 19.5 Å². The van der Waals surface area contributed by atoms with Crippen molar-refractivity contribution in [3.8, 4) is 89.6 Å². The maximum Gasteiger partial charge on any atom is 0.569 e. The minimum atomic E-state index is -0.584. The molecule has 4 heterocycles. The van der Waals surface area contributed by atoms with Gasteiger partial charge in [-0.2, -0.15) is 0 Å². The first-order valence-corrected chi connectivity index (χ1v) is 45.4. The van der Waals surface area contributed by atoms with Crippen molar-refractivity contribution in [1.82, 2.24) is 18.7 Å². The third-order valence-corrected chi connectivity index (χ3v) is 25.7. The first kappa shape index (κ1) is 85.1. The second-order valence-electron chi connectivity index (χ2n) is 31.4. The number of H-pyrrole nitrogens is 1. The van der Waals surface area contributed by atoms with Crippen LogP contribution in [-0.2, 0) is 6.42 Å². The molecule has 0 saturated carbocycles. The highest BCUT2D eigenvalue weighted by Gasteiger charge is 2.25. The molecule has 4 aromatic heterocycles. The zero-order valence-corrected chi connectivity index (χ0v) is 75.8. The summed E-state index contributed by atoms with van der Waals surface area (Å²) < 4.78 is 15.1. The van der Waals surface area contributed by atoms with E-state index in [0.29, 0.717) is 13.2 Å². The maximum atomic E-state index is 11.8. The highest BCUT2D eigenvalue weighted by Crippen LogP contribution is 2.46. The van der Waals surface area contributed by atoms with Gasteiger partial charge in [-0.25, -0.2) is 0 Å². The number of nitrogens with zero attached hydrogens (tertiary/aromatic N) is 5. The van der Waals surface area contributed by atoms with E-state index in [1.807, 2.05) is 66.7 Å². The van der Waals surface area contributed by atoms with Gasteiger partial charge in [0, 0.05) is 95.8 Å². The molecule has 0 amide bonds. The van der Waals surface area contributed by atoms with E-state index in [2.05, 4.69) is 430 Å². The molecule has 131 heavy (non-hydrogen) atoms. The zero-order chi connectivity index (χ0) is 89.3. The molecule has 629 valence electrons. The number of para-hydroxylation sites is 7. The zero-order valence-electron chi connectivity index (χ0n) is 70.4. The topological polar surface area (TPSA) is 146 Å². The molecule has 12 nitrogen and oxygen atoms in total. The Balaban J connectivity index is 0.000000106. The summed E-state index contributed by atoms with van der Waals surface area (Å²) in [4.78, 5) is 24.8. The summed E-state index contributed by atoms with van der Waals surface area (Å²) in [6, 6.07) is 155. The number of rotatable bonds is 12. The lowest BCUT2D eigenvalue weighted by Crippen LogP contribution is -2.02.